The van der Waals surface area contributed by atoms with Crippen molar-refractivity contribution in [3.63, 3.8) is 0 Å². The predicted octanol–water partition coefficient (Wildman–Crippen LogP) is 1.47. The van der Waals surface area contributed by atoms with Crippen molar-refractivity contribution in [3.8, 4) is 0 Å². The number of nitrogens with zero attached hydrogens (tertiary/aromatic N) is 3. The molecular formula is C17H23N5. The van der Waals surface area contributed by atoms with Gasteiger partial charge in [0.1, 0.15) is 5.84 Å². The molecule has 0 bridgehead atoms. The molecule has 0 aromatic heterocycles. The topological polar surface area (TPSA) is 56.9 Å². The van der Waals surface area contributed by atoms with E-state index in [9.17, 15) is 0 Å². The van der Waals surface area contributed by atoms with E-state index in [4.69, 9.17) is 5.73 Å². The predicted molar refractivity (Wildman–Crippen MR) is 92.7 cm³/mol. The highest BCUT2D eigenvalue weighted by molar-refractivity contribution is 6.01. The van der Waals surface area contributed by atoms with Gasteiger partial charge in [-0.05, 0) is 43.6 Å². The molecule has 3 rings (SSSR count). The van der Waals surface area contributed by atoms with Gasteiger partial charge in [-0.25, -0.2) is 4.99 Å². The quantitative estimate of drug-likeness (QED) is 0.655. The maximum atomic E-state index is 6.06. The SMILES string of the molecule is CN1CCN(c2ccc(N=C(N)C3=CCNC=C3)cc2)CC1. The third-order valence-electron chi connectivity index (χ3n) is 4.08. The average molecular weight is 297 g/mol. The van der Waals surface area contributed by atoms with Gasteiger partial charge in [-0.3, -0.25) is 0 Å². The van der Waals surface area contributed by atoms with E-state index in [1.54, 1.807) is 0 Å². The van der Waals surface area contributed by atoms with E-state index < -0.39 is 0 Å². The molecule has 1 aromatic carbocycles. The van der Waals surface area contributed by atoms with Gasteiger partial charge in [-0.15, -0.1) is 0 Å². The standard InChI is InChI=1S/C17H23N5/c1-21-10-12-22(13-11-21)16-4-2-15(3-5-16)20-17(18)14-6-8-19-9-7-14/h2-8,19H,9-13H2,1H3,(H2,18,20). The molecule has 0 spiro atoms. The van der Waals surface area contributed by atoms with Crippen molar-refractivity contribution < 1.29 is 0 Å². The van der Waals surface area contributed by atoms with Crippen molar-refractivity contribution in [1.29, 1.82) is 0 Å². The molecule has 0 aliphatic carbocycles. The number of dihydropyridines is 1. The first kappa shape index (κ1) is 14.7. The van der Waals surface area contributed by atoms with Crippen LogP contribution in [0.25, 0.3) is 0 Å². The first-order valence-corrected chi connectivity index (χ1v) is 7.70. The fourth-order valence-corrected chi connectivity index (χ4v) is 2.65. The van der Waals surface area contributed by atoms with Crippen LogP contribution in [-0.2, 0) is 0 Å². The van der Waals surface area contributed by atoms with Crippen molar-refractivity contribution in [2.24, 2.45) is 10.7 Å². The first-order valence-electron chi connectivity index (χ1n) is 7.70. The van der Waals surface area contributed by atoms with Crippen LogP contribution in [0.5, 0.6) is 0 Å². The minimum absolute atomic E-state index is 0.560. The van der Waals surface area contributed by atoms with Crippen molar-refractivity contribution in [1.82, 2.24) is 10.2 Å². The molecular weight excluding hydrogens is 274 g/mol. The van der Waals surface area contributed by atoms with Gasteiger partial charge in [0.2, 0.25) is 0 Å². The highest BCUT2D eigenvalue weighted by Gasteiger charge is 2.13. The molecule has 22 heavy (non-hydrogen) atoms. The number of hydrogen-bond acceptors (Lipinski definition) is 4. The van der Waals surface area contributed by atoms with Gasteiger partial charge >= 0.3 is 0 Å². The summed E-state index contributed by atoms with van der Waals surface area (Å²) in [5.41, 5.74) is 9.19. The number of nitrogens with two attached hydrogens (primary N) is 1. The fraction of sp³-hybridized carbons (Fsp3) is 0.353. The molecule has 2 aliphatic heterocycles. The smallest absolute Gasteiger partial charge is 0.131 e. The van der Waals surface area contributed by atoms with Crippen LogP contribution in [-0.4, -0.2) is 50.5 Å². The van der Waals surface area contributed by atoms with E-state index in [0.717, 1.165) is 44.0 Å². The Bertz CT molecular complexity index is 592. The van der Waals surface area contributed by atoms with Crippen molar-refractivity contribution in [2.75, 3.05) is 44.7 Å². The van der Waals surface area contributed by atoms with Crippen LogP contribution < -0.4 is 16.0 Å². The summed E-state index contributed by atoms with van der Waals surface area (Å²) in [5.74, 6) is 0.560. The molecule has 3 N–H and O–H groups in total. The molecule has 1 saturated heterocycles. The Balaban J connectivity index is 1.69. The summed E-state index contributed by atoms with van der Waals surface area (Å²) in [5, 5.41) is 3.10. The summed E-state index contributed by atoms with van der Waals surface area (Å²) in [7, 11) is 2.17. The van der Waals surface area contributed by atoms with Gasteiger partial charge in [-0.1, -0.05) is 6.08 Å². The third-order valence-corrected chi connectivity index (χ3v) is 4.08. The minimum atomic E-state index is 0.560. The molecule has 2 heterocycles. The summed E-state index contributed by atoms with van der Waals surface area (Å²) < 4.78 is 0. The zero-order valence-corrected chi connectivity index (χ0v) is 13.0. The summed E-state index contributed by atoms with van der Waals surface area (Å²) in [4.78, 5) is 9.27. The lowest BCUT2D eigenvalue weighted by Gasteiger charge is -2.34. The molecule has 5 nitrogen and oxygen atoms in total. The molecule has 0 saturated carbocycles. The van der Waals surface area contributed by atoms with E-state index in [2.05, 4.69) is 39.3 Å². The molecule has 0 amide bonds. The highest BCUT2D eigenvalue weighted by atomic mass is 15.2. The van der Waals surface area contributed by atoms with E-state index in [0.29, 0.717) is 5.84 Å². The summed E-state index contributed by atoms with van der Waals surface area (Å²) >= 11 is 0. The Morgan fingerprint density at radius 3 is 2.50 bits per heavy atom. The number of rotatable bonds is 3. The van der Waals surface area contributed by atoms with E-state index in [1.165, 1.54) is 5.69 Å². The summed E-state index contributed by atoms with van der Waals surface area (Å²) in [6, 6.07) is 8.33. The maximum absolute atomic E-state index is 6.06. The van der Waals surface area contributed by atoms with Gasteiger partial charge in [0.25, 0.3) is 0 Å². The summed E-state index contributed by atoms with van der Waals surface area (Å²) in [6.07, 6.45) is 5.88. The van der Waals surface area contributed by atoms with Gasteiger partial charge in [0.15, 0.2) is 0 Å². The molecule has 116 valence electrons. The van der Waals surface area contributed by atoms with Crippen molar-refractivity contribution >= 4 is 17.2 Å². The van der Waals surface area contributed by atoms with Gasteiger partial charge < -0.3 is 20.9 Å². The fourth-order valence-electron chi connectivity index (χ4n) is 2.65. The Labute approximate surface area is 131 Å². The van der Waals surface area contributed by atoms with Gasteiger partial charge in [0, 0.05) is 44.0 Å². The number of aliphatic imine (C=N–C) groups is 1. The lowest BCUT2D eigenvalue weighted by Crippen LogP contribution is -2.44. The maximum Gasteiger partial charge on any atom is 0.131 e. The second kappa shape index (κ2) is 6.66. The molecule has 2 aliphatic rings. The minimum Gasteiger partial charge on any atom is -0.387 e. The lowest BCUT2D eigenvalue weighted by atomic mass is 10.2. The Morgan fingerprint density at radius 1 is 1.14 bits per heavy atom. The molecule has 1 fully saturated rings. The molecule has 1 aromatic rings. The number of benzene rings is 1. The van der Waals surface area contributed by atoms with Crippen molar-refractivity contribution in [2.45, 2.75) is 0 Å². The van der Waals surface area contributed by atoms with Gasteiger partial charge in [0.05, 0.1) is 5.69 Å². The number of anilines is 1. The van der Waals surface area contributed by atoms with Crippen LogP contribution in [0.3, 0.4) is 0 Å². The molecule has 5 heteroatoms. The molecule has 0 radical (unpaired) electrons. The first-order chi connectivity index (χ1) is 10.7. The number of hydrogen-bond donors (Lipinski definition) is 2. The number of amidine groups is 1. The van der Waals surface area contributed by atoms with Crippen LogP contribution >= 0.6 is 0 Å². The van der Waals surface area contributed by atoms with E-state index in [1.807, 2.05) is 30.5 Å². The third kappa shape index (κ3) is 3.49. The zero-order chi connectivity index (χ0) is 15.4. The van der Waals surface area contributed by atoms with Crippen LogP contribution in [0.2, 0.25) is 0 Å². The highest BCUT2D eigenvalue weighted by Crippen LogP contribution is 2.21. The van der Waals surface area contributed by atoms with E-state index in [-0.39, 0.29) is 0 Å². The molecule has 0 atom stereocenters. The van der Waals surface area contributed by atoms with Crippen LogP contribution in [0.1, 0.15) is 0 Å². The second-order valence-corrected chi connectivity index (χ2v) is 5.70. The van der Waals surface area contributed by atoms with E-state index >= 15 is 0 Å². The molecule has 0 unspecified atom stereocenters. The number of nitrogens with one attached hydrogen (secondary N) is 1. The second-order valence-electron chi connectivity index (χ2n) is 5.70. The number of piperazine rings is 1. The van der Waals surface area contributed by atoms with Crippen LogP contribution in [0.4, 0.5) is 11.4 Å². The Kier molecular flexibility index (Phi) is 4.44. The van der Waals surface area contributed by atoms with Gasteiger partial charge in [-0.2, -0.15) is 0 Å². The number of likely N-dealkylation sites (N-methyl/N-ethyl adjacent to an activating group) is 1. The largest absolute Gasteiger partial charge is 0.387 e. The van der Waals surface area contributed by atoms with Crippen LogP contribution in [0, 0.1) is 0 Å². The Hall–Kier alpha value is -2.27. The Morgan fingerprint density at radius 2 is 1.86 bits per heavy atom. The average Bonchev–Trinajstić information content (AvgIpc) is 2.57. The normalized spacial score (nSPS) is 19.8. The summed E-state index contributed by atoms with van der Waals surface area (Å²) in [6.45, 7) is 5.17. The zero-order valence-electron chi connectivity index (χ0n) is 13.0. The van der Waals surface area contributed by atoms with Crippen molar-refractivity contribution in [3.05, 3.63) is 48.2 Å². The monoisotopic (exact) mass is 297 g/mol. The lowest BCUT2D eigenvalue weighted by molar-refractivity contribution is 0.313. The van der Waals surface area contributed by atoms with Crippen LogP contribution in [0.15, 0.2) is 53.2 Å².